The van der Waals surface area contributed by atoms with Gasteiger partial charge >= 0.3 is 0 Å². The number of fused-ring (bicyclic) bond motifs is 1. The molecule has 1 aliphatic heterocycles. The Morgan fingerprint density at radius 1 is 1.19 bits per heavy atom. The maximum Gasteiger partial charge on any atom is 0.262 e. The Morgan fingerprint density at radius 3 is 2.74 bits per heavy atom. The second-order valence-corrected chi connectivity index (χ2v) is 7.13. The van der Waals surface area contributed by atoms with Crippen molar-refractivity contribution in [1.29, 1.82) is 0 Å². The summed E-state index contributed by atoms with van der Waals surface area (Å²) in [6, 6.07) is 12.6. The van der Waals surface area contributed by atoms with Crippen molar-refractivity contribution in [3.63, 3.8) is 0 Å². The number of carbonyl (C=O) groups excluding carboxylic acids is 1. The molecule has 0 fully saturated rings. The molecule has 3 rings (SSSR count). The molecule has 0 saturated heterocycles. The summed E-state index contributed by atoms with van der Waals surface area (Å²) in [5, 5.41) is 16.2. The summed E-state index contributed by atoms with van der Waals surface area (Å²) >= 11 is 0. The lowest BCUT2D eigenvalue weighted by Gasteiger charge is -2.20. The van der Waals surface area contributed by atoms with Gasteiger partial charge in [0.2, 0.25) is 0 Å². The Balaban J connectivity index is 1.39. The van der Waals surface area contributed by atoms with Crippen LogP contribution < -0.4 is 29.6 Å². The molecule has 0 aromatic heterocycles. The normalized spacial score (nSPS) is 14.5. The van der Waals surface area contributed by atoms with Crippen LogP contribution in [0.2, 0.25) is 0 Å². The fourth-order valence-electron chi connectivity index (χ4n) is 2.85. The standard InChI is InChI=1S/C23H28N2O6/c1-3-10-28-21-6-4-5-7-22(21)30-14-17(26)12-24-16(2)13-29-18-8-9-20-19(11-18)25-23(27)15-31-20/h3-9,11,16-17,24,26H,1,10,12-15H2,2H3,(H,25,27). The molecule has 166 valence electrons. The van der Waals surface area contributed by atoms with Crippen LogP contribution in [0, 0.1) is 0 Å². The predicted molar refractivity (Wildman–Crippen MR) is 117 cm³/mol. The van der Waals surface area contributed by atoms with E-state index in [1.165, 1.54) is 0 Å². The number of hydrogen-bond acceptors (Lipinski definition) is 7. The average molecular weight is 428 g/mol. The summed E-state index contributed by atoms with van der Waals surface area (Å²) in [4.78, 5) is 11.4. The molecule has 1 heterocycles. The Hall–Kier alpha value is -3.23. The highest BCUT2D eigenvalue weighted by Gasteiger charge is 2.17. The first-order valence-electron chi connectivity index (χ1n) is 10.1. The van der Waals surface area contributed by atoms with Gasteiger partial charge < -0.3 is 34.7 Å². The van der Waals surface area contributed by atoms with E-state index < -0.39 is 6.10 Å². The molecule has 1 amide bonds. The SMILES string of the molecule is C=CCOc1ccccc1OCC(O)CNC(C)COc1ccc2c(c1)NC(=O)CO2. The van der Waals surface area contributed by atoms with Crippen molar-refractivity contribution in [2.75, 3.05) is 38.3 Å². The molecule has 2 atom stereocenters. The Labute approximate surface area is 181 Å². The molecular weight excluding hydrogens is 400 g/mol. The second kappa shape index (κ2) is 11.2. The number of amides is 1. The summed E-state index contributed by atoms with van der Waals surface area (Å²) in [6.07, 6.45) is 0.957. The van der Waals surface area contributed by atoms with Gasteiger partial charge in [0, 0.05) is 18.7 Å². The van der Waals surface area contributed by atoms with E-state index in [1.807, 2.05) is 19.1 Å². The largest absolute Gasteiger partial charge is 0.492 e. The number of aliphatic hydroxyl groups excluding tert-OH is 1. The Bertz CT molecular complexity index is 888. The zero-order chi connectivity index (χ0) is 22.1. The van der Waals surface area contributed by atoms with Gasteiger partial charge in [-0.1, -0.05) is 24.8 Å². The van der Waals surface area contributed by atoms with Crippen LogP contribution in [0.15, 0.2) is 55.1 Å². The average Bonchev–Trinajstić information content (AvgIpc) is 2.78. The Kier molecular flexibility index (Phi) is 8.14. The molecule has 31 heavy (non-hydrogen) atoms. The van der Waals surface area contributed by atoms with Gasteiger partial charge in [-0.3, -0.25) is 4.79 Å². The lowest BCUT2D eigenvalue weighted by Crippen LogP contribution is -2.39. The molecular formula is C23H28N2O6. The van der Waals surface area contributed by atoms with Gasteiger partial charge in [0.15, 0.2) is 18.1 Å². The van der Waals surface area contributed by atoms with E-state index in [4.69, 9.17) is 18.9 Å². The summed E-state index contributed by atoms with van der Waals surface area (Å²) < 4.78 is 22.3. The van der Waals surface area contributed by atoms with Gasteiger partial charge in [-0.15, -0.1) is 0 Å². The van der Waals surface area contributed by atoms with Crippen molar-refractivity contribution in [2.45, 2.75) is 19.1 Å². The molecule has 0 spiro atoms. The fraction of sp³-hybridized carbons (Fsp3) is 0.348. The van der Waals surface area contributed by atoms with Crippen molar-refractivity contribution in [1.82, 2.24) is 5.32 Å². The van der Waals surface area contributed by atoms with Gasteiger partial charge in [0.05, 0.1) is 5.69 Å². The second-order valence-electron chi connectivity index (χ2n) is 7.13. The number of nitrogens with one attached hydrogen (secondary N) is 2. The van der Waals surface area contributed by atoms with Crippen molar-refractivity contribution in [2.24, 2.45) is 0 Å². The topological polar surface area (TPSA) is 98.3 Å². The van der Waals surface area contributed by atoms with Crippen molar-refractivity contribution >= 4 is 11.6 Å². The first kappa shape index (κ1) is 22.5. The summed E-state index contributed by atoms with van der Waals surface area (Å²) in [7, 11) is 0. The smallest absolute Gasteiger partial charge is 0.262 e. The van der Waals surface area contributed by atoms with Gasteiger partial charge in [0.1, 0.15) is 37.4 Å². The van der Waals surface area contributed by atoms with Crippen molar-refractivity contribution < 1.29 is 28.8 Å². The third-order valence-electron chi connectivity index (χ3n) is 4.42. The van der Waals surface area contributed by atoms with Gasteiger partial charge in [-0.25, -0.2) is 0 Å². The number of aliphatic hydroxyl groups is 1. The molecule has 0 aliphatic carbocycles. The van der Waals surface area contributed by atoms with Crippen LogP contribution >= 0.6 is 0 Å². The number of hydrogen-bond donors (Lipinski definition) is 3. The quantitative estimate of drug-likeness (QED) is 0.447. The molecule has 1 aliphatic rings. The van der Waals surface area contributed by atoms with Gasteiger partial charge in [0.25, 0.3) is 5.91 Å². The fourth-order valence-corrected chi connectivity index (χ4v) is 2.85. The van der Waals surface area contributed by atoms with Gasteiger partial charge in [-0.05, 0) is 31.2 Å². The van der Waals surface area contributed by atoms with E-state index >= 15 is 0 Å². The van der Waals surface area contributed by atoms with Crippen LogP contribution in [-0.2, 0) is 4.79 Å². The van der Waals surface area contributed by atoms with Crippen molar-refractivity contribution in [3.05, 3.63) is 55.1 Å². The molecule has 2 aromatic rings. The van der Waals surface area contributed by atoms with Crippen molar-refractivity contribution in [3.8, 4) is 23.0 Å². The monoisotopic (exact) mass is 428 g/mol. The highest BCUT2D eigenvalue weighted by atomic mass is 16.5. The van der Waals surface area contributed by atoms with E-state index in [1.54, 1.807) is 36.4 Å². The first-order valence-corrected chi connectivity index (χ1v) is 10.1. The van der Waals surface area contributed by atoms with Crippen LogP contribution in [0.3, 0.4) is 0 Å². The number of benzene rings is 2. The van der Waals surface area contributed by atoms with Crippen LogP contribution in [0.25, 0.3) is 0 Å². The van der Waals surface area contributed by atoms with Crippen LogP contribution in [0.1, 0.15) is 6.92 Å². The van der Waals surface area contributed by atoms with E-state index in [-0.39, 0.29) is 25.2 Å². The maximum absolute atomic E-state index is 11.4. The lowest BCUT2D eigenvalue weighted by atomic mass is 10.2. The maximum atomic E-state index is 11.4. The third kappa shape index (κ3) is 6.91. The molecule has 2 aromatic carbocycles. The zero-order valence-corrected chi connectivity index (χ0v) is 17.5. The number of ether oxygens (including phenoxy) is 4. The number of anilines is 1. The molecule has 0 radical (unpaired) electrons. The van der Waals surface area contributed by atoms with Crippen LogP contribution in [0.4, 0.5) is 5.69 Å². The van der Waals surface area contributed by atoms with E-state index in [2.05, 4.69) is 17.2 Å². The van der Waals surface area contributed by atoms with Gasteiger partial charge in [-0.2, -0.15) is 0 Å². The minimum atomic E-state index is -0.703. The summed E-state index contributed by atoms with van der Waals surface area (Å²) in [5.74, 6) is 2.24. The molecule has 0 bridgehead atoms. The van der Waals surface area contributed by atoms with E-state index in [9.17, 15) is 9.90 Å². The minimum Gasteiger partial charge on any atom is -0.492 e. The number of rotatable bonds is 12. The summed E-state index contributed by atoms with van der Waals surface area (Å²) in [5.41, 5.74) is 0.597. The molecule has 8 nitrogen and oxygen atoms in total. The lowest BCUT2D eigenvalue weighted by molar-refractivity contribution is -0.118. The highest BCUT2D eigenvalue weighted by Crippen LogP contribution is 2.31. The van der Waals surface area contributed by atoms with Crippen LogP contribution in [-0.4, -0.2) is 56.1 Å². The minimum absolute atomic E-state index is 0.0141. The van der Waals surface area contributed by atoms with E-state index in [0.717, 1.165) is 0 Å². The zero-order valence-electron chi connectivity index (χ0n) is 17.5. The number of carbonyl (C=O) groups is 1. The third-order valence-corrected chi connectivity index (χ3v) is 4.42. The van der Waals surface area contributed by atoms with E-state index in [0.29, 0.717) is 48.4 Å². The number of para-hydroxylation sites is 2. The highest BCUT2D eigenvalue weighted by molar-refractivity contribution is 5.95. The Morgan fingerprint density at radius 2 is 1.97 bits per heavy atom. The summed E-state index contributed by atoms with van der Waals surface area (Å²) in [6.45, 7) is 6.84. The molecule has 0 saturated carbocycles. The molecule has 3 N–H and O–H groups in total. The molecule has 2 unspecified atom stereocenters. The predicted octanol–water partition coefficient (Wildman–Crippen LogP) is 2.38. The molecule has 8 heteroatoms. The first-order chi connectivity index (χ1) is 15.0. The van der Waals surface area contributed by atoms with Crippen LogP contribution in [0.5, 0.6) is 23.0 Å².